The molecule has 0 spiro atoms. The van der Waals surface area contributed by atoms with Gasteiger partial charge in [-0.1, -0.05) is 13.3 Å². The summed E-state index contributed by atoms with van der Waals surface area (Å²) in [7, 11) is 1.69. The molecule has 3 unspecified atom stereocenters. The van der Waals surface area contributed by atoms with Crippen molar-refractivity contribution in [3.05, 3.63) is 0 Å². The van der Waals surface area contributed by atoms with Gasteiger partial charge in [0.15, 0.2) is 0 Å². The minimum absolute atomic E-state index is 0.114. The molecule has 3 heteroatoms. The normalized spacial score (nSPS) is 34.8. The summed E-state index contributed by atoms with van der Waals surface area (Å²) in [5, 5.41) is 0.154. The van der Waals surface area contributed by atoms with Crippen LogP contribution in [0.15, 0.2) is 0 Å². The third-order valence-electron chi connectivity index (χ3n) is 2.28. The molecule has 72 valence electrons. The van der Waals surface area contributed by atoms with Crippen molar-refractivity contribution < 1.29 is 9.47 Å². The quantitative estimate of drug-likeness (QED) is 0.491. The highest BCUT2D eigenvalue weighted by molar-refractivity contribution is 6.21. The average molecular weight is 193 g/mol. The lowest BCUT2D eigenvalue weighted by molar-refractivity contribution is -0.110. The summed E-state index contributed by atoms with van der Waals surface area (Å²) in [6.45, 7) is 2.99. The van der Waals surface area contributed by atoms with Gasteiger partial charge in [-0.25, -0.2) is 0 Å². The minimum Gasteiger partial charge on any atom is -0.377 e. The molecular weight excluding hydrogens is 176 g/mol. The van der Waals surface area contributed by atoms with E-state index in [1.165, 1.54) is 6.42 Å². The molecule has 0 amide bonds. The SMILES string of the molecule is CCCCOC1CC(Cl)C1OC. The van der Waals surface area contributed by atoms with Crippen LogP contribution in [0, 0.1) is 0 Å². The zero-order chi connectivity index (χ0) is 8.97. The molecule has 12 heavy (non-hydrogen) atoms. The van der Waals surface area contributed by atoms with Gasteiger partial charge in [0.05, 0.1) is 17.6 Å². The van der Waals surface area contributed by atoms with Gasteiger partial charge < -0.3 is 9.47 Å². The van der Waals surface area contributed by atoms with E-state index < -0.39 is 0 Å². The zero-order valence-corrected chi connectivity index (χ0v) is 8.51. The topological polar surface area (TPSA) is 18.5 Å². The first-order valence-electron chi connectivity index (χ1n) is 4.58. The second-order valence-corrected chi connectivity index (χ2v) is 3.78. The van der Waals surface area contributed by atoms with Crippen LogP contribution in [0.25, 0.3) is 0 Å². The molecule has 0 heterocycles. The third kappa shape index (κ3) is 2.35. The molecule has 1 fully saturated rings. The lowest BCUT2D eigenvalue weighted by Crippen LogP contribution is -2.50. The van der Waals surface area contributed by atoms with Gasteiger partial charge in [-0.05, 0) is 12.8 Å². The minimum atomic E-state index is 0.114. The maximum atomic E-state index is 5.92. The summed E-state index contributed by atoms with van der Waals surface area (Å²) in [6.07, 6.45) is 3.59. The Bertz CT molecular complexity index is 130. The average Bonchev–Trinajstić information content (AvgIpc) is 2.04. The second-order valence-electron chi connectivity index (χ2n) is 3.21. The molecule has 1 saturated carbocycles. The van der Waals surface area contributed by atoms with Gasteiger partial charge in [0, 0.05) is 13.7 Å². The van der Waals surface area contributed by atoms with E-state index in [1.807, 2.05) is 0 Å². The first-order valence-corrected chi connectivity index (χ1v) is 5.01. The van der Waals surface area contributed by atoms with E-state index in [9.17, 15) is 0 Å². The van der Waals surface area contributed by atoms with E-state index in [0.717, 1.165) is 19.4 Å². The van der Waals surface area contributed by atoms with Crippen LogP contribution in [0.4, 0.5) is 0 Å². The highest BCUT2D eigenvalue weighted by atomic mass is 35.5. The van der Waals surface area contributed by atoms with Gasteiger partial charge in [0.2, 0.25) is 0 Å². The molecule has 0 bridgehead atoms. The number of hydrogen-bond donors (Lipinski definition) is 0. The zero-order valence-electron chi connectivity index (χ0n) is 7.75. The molecule has 0 aromatic heterocycles. The summed E-state index contributed by atoms with van der Waals surface area (Å²) >= 11 is 5.92. The molecule has 3 atom stereocenters. The molecular formula is C9H17ClO2. The van der Waals surface area contributed by atoms with E-state index in [0.29, 0.717) is 0 Å². The number of rotatable bonds is 5. The number of halogens is 1. The van der Waals surface area contributed by atoms with Gasteiger partial charge >= 0.3 is 0 Å². The van der Waals surface area contributed by atoms with Crippen LogP contribution in [0.5, 0.6) is 0 Å². The molecule has 0 aromatic rings. The summed E-state index contributed by atoms with van der Waals surface area (Å²) in [5.74, 6) is 0. The Kier molecular flexibility index (Phi) is 4.33. The van der Waals surface area contributed by atoms with Crippen molar-refractivity contribution in [2.45, 2.75) is 43.8 Å². The Morgan fingerprint density at radius 3 is 2.75 bits per heavy atom. The van der Waals surface area contributed by atoms with Crippen molar-refractivity contribution in [3.63, 3.8) is 0 Å². The predicted octanol–water partition coefficient (Wildman–Crippen LogP) is 2.20. The molecule has 1 aliphatic rings. The van der Waals surface area contributed by atoms with Gasteiger partial charge in [0.25, 0.3) is 0 Å². The maximum absolute atomic E-state index is 5.92. The fraction of sp³-hybridized carbons (Fsp3) is 1.00. The first kappa shape index (κ1) is 10.3. The Morgan fingerprint density at radius 1 is 1.50 bits per heavy atom. The Hall–Kier alpha value is 0.210. The fourth-order valence-electron chi connectivity index (χ4n) is 1.37. The third-order valence-corrected chi connectivity index (χ3v) is 2.71. The molecule has 0 saturated heterocycles. The molecule has 1 aliphatic carbocycles. The number of hydrogen-bond acceptors (Lipinski definition) is 2. The summed E-state index contributed by atoms with van der Waals surface area (Å²) < 4.78 is 10.8. The lowest BCUT2D eigenvalue weighted by atomic mass is 9.91. The van der Waals surface area contributed by atoms with Crippen molar-refractivity contribution in [1.82, 2.24) is 0 Å². The number of alkyl halides is 1. The molecule has 0 radical (unpaired) electrons. The van der Waals surface area contributed by atoms with Gasteiger partial charge in [-0.15, -0.1) is 11.6 Å². The van der Waals surface area contributed by atoms with Crippen molar-refractivity contribution in [2.75, 3.05) is 13.7 Å². The number of ether oxygens (including phenoxy) is 2. The molecule has 0 aromatic carbocycles. The predicted molar refractivity (Wildman–Crippen MR) is 49.7 cm³/mol. The maximum Gasteiger partial charge on any atom is 0.0997 e. The van der Waals surface area contributed by atoms with Gasteiger partial charge in [-0.3, -0.25) is 0 Å². The summed E-state index contributed by atoms with van der Waals surface area (Å²) in [5.41, 5.74) is 0. The smallest absolute Gasteiger partial charge is 0.0997 e. The molecule has 0 aliphatic heterocycles. The Labute approximate surface area is 79.2 Å². The van der Waals surface area contributed by atoms with E-state index in [2.05, 4.69) is 6.92 Å². The Balaban J connectivity index is 2.09. The molecule has 1 rings (SSSR count). The van der Waals surface area contributed by atoms with Crippen LogP contribution in [-0.4, -0.2) is 31.3 Å². The van der Waals surface area contributed by atoms with Crippen LogP contribution >= 0.6 is 11.6 Å². The monoisotopic (exact) mass is 192 g/mol. The van der Waals surface area contributed by atoms with Crippen molar-refractivity contribution in [3.8, 4) is 0 Å². The van der Waals surface area contributed by atoms with E-state index >= 15 is 0 Å². The van der Waals surface area contributed by atoms with Crippen molar-refractivity contribution in [1.29, 1.82) is 0 Å². The van der Waals surface area contributed by atoms with E-state index in [-0.39, 0.29) is 17.6 Å². The fourth-order valence-corrected chi connectivity index (χ4v) is 1.81. The highest BCUT2D eigenvalue weighted by Gasteiger charge is 2.40. The highest BCUT2D eigenvalue weighted by Crippen LogP contribution is 2.31. The number of methoxy groups -OCH3 is 1. The first-order chi connectivity index (χ1) is 5.79. The molecule has 2 nitrogen and oxygen atoms in total. The van der Waals surface area contributed by atoms with Crippen molar-refractivity contribution in [2.24, 2.45) is 0 Å². The van der Waals surface area contributed by atoms with E-state index in [1.54, 1.807) is 7.11 Å². The standard InChI is InChI=1S/C9H17ClO2/c1-3-4-5-12-8-6-7(10)9(8)11-2/h7-9H,3-6H2,1-2H3. The lowest BCUT2D eigenvalue weighted by Gasteiger charge is -2.39. The van der Waals surface area contributed by atoms with Crippen LogP contribution in [0.1, 0.15) is 26.2 Å². The summed E-state index contributed by atoms with van der Waals surface area (Å²) in [6, 6.07) is 0. The summed E-state index contributed by atoms with van der Waals surface area (Å²) in [4.78, 5) is 0. The number of unbranched alkanes of at least 4 members (excludes halogenated alkanes) is 1. The van der Waals surface area contributed by atoms with Crippen LogP contribution in [0.3, 0.4) is 0 Å². The second kappa shape index (κ2) is 5.05. The largest absolute Gasteiger partial charge is 0.377 e. The van der Waals surface area contributed by atoms with Gasteiger partial charge in [-0.2, -0.15) is 0 Å². The van der Waals surface area contributed by atoms with Crippen LogP contribution in [-0.2, 0) is 9.47 Å². The van der Waals surface area contributed by atoms with E-state index in [4.69, 9.17) is 21.1 Å². The van der Waals surface area contributed by atoms with Crippen molar-refractivity contribution >= 4 is 11.6 Å². The van der Waals surface area contributed by atoms with Crippen LogP contribution in [0.2, 0.25) is 0 Å². The Morgan fingerprint density at radius 2 is 2.25 bits per heavy atom. The van der Waals surface area contributed by atoms with Crippen LogP contribution < -0.4 is 0 Å². The van der Waals surface area contributed by atoms with Gasteiger partial charge in [0.1, 0.15) is 0 Å². The molecule has 0 N–H and O–H groups in total.